The number of allylic oxidation sites excluding steroid dienone is 2. The molecule has 1 aliphatic heterocycles. The second-order valence-corrected chi connectivity index (χ2v) is 8.88. The number of ether oxygens (including phenoxy) is 2. The zero-order valence-electron chi connectivity index (χ0n) is 19.3. The molecule has 8 heteroatoms. The Morgan fingerprint density at radius 2 is 1.77 bits per heavy atom. The molecule has 0 saturated heterocycles. The number of para-hydroxylation sites is 1. The summed E-state index contributed by atoms with van der Waals surface area (Å²) in [6.45, 7) is 0. The van der Waals surface area contributed by atoms with Crippen LogP contribution in [0.1, 0.15) is 41.4 Å². The lowest BCUT2D eigenvalue weighted by Gasteiger charge is -2.35. The molecule has 3 heterocycles. The van der Waals surface area contributed by atoms with Crippen molar-refractivity contribution in [1.29, 1.82) is 0 Å². The number of pyridine rings is 1. The van der Waals surface area contributed by atoms with E-state index in [1.807, 2.05) is 48.5 Å². The van der Waals surface area contributed by atoms with Crippen molar-refractivity contribution in [2.45, 2.75) is 24.7 Å². The Bertz CT molecular complexity index is 1560. The van der Waals surface area contributed by atoms with Crippen molar-refractivity contribution in [2.24, 2.45) is 0 Å². The van der Waals surface area contributed by atoms with Crippen molar-refractivity contribution in [1.82, 2.24) is 15.2 Å². The third-order valence-corrected chi connectivity index (χ3v) is 7.05. The van der Waals surface area contributed by atoms with E-state index in [0.29, 0.717) is 41.3 Å². The molecule has 0 fully saturated rings. The number of Topliss-reactive ketones (excluding diaryl/α,β-unsaturated/α-hetero) is 1. The Balaban J connectivity index is 1.49. The number of aromatic amines is 2. The average molecular weight is 469 g/mol. The van der Waals surface area contributed by atoms with Gasteiger partial charge in [0.05, 0.1) is 25.3 Å². The Labute approximate surface area is 201 Å². The zero-order valence-corrected chi connectivity index (χ0v) is 19.3. The number of hydrogen-bond acceptors (Lipinski definition) is 6. The summed E-state index contributed by atoms with van der Waals surface area (Å²) in [6, 6.07) is 15.5. The van der Waals surface area contributed by atoms with Crippen LogP contribution < -0.4 is 20.3 Å². The minimum absolute atomic E-state index is 0.0238. The molecule has 0 unspecified atom stereocenters. The van der Waals surface area contributed by atoms with E-state index in [9.17, 15) is 9.59 Å². The van der Waals surface area contributed by atoms with Crippen LogP contribution in [0.3, 0.4) is 0 Å². The number of rotatable bonds is 4. The number of methoxy groups -OCH3 is 2. The zero-order chi connectivity index (χ0) is 24.1. The van der Waals surface area contributed by atoms with E-state index in [4.69, 9.17) is 9.47 Å². The normalized spacial score (nSPS) is 19.2. The largest absolute Gasteiger partial charge is 0.493 e. The van der Waals surface area contributed by atoms with Gasteiger partial charge in [-0.3, -0.25) is 24.8 Å². The smallest absolute Gasteiger partial charge is 0.270 e. The Kier molecular flexibility index (Phi) is 4.95. The highest BCUT2D eigenvalue weighted by Gasteiger charge is 2.41. The number of nitrogens with zero attached hydrogens (tertiary/aromatic N) is 1. The lowest BCUT2D eigenvalue weighted by molar-refractivity contribution is -0.116. The molecule has 0 spiro atoms. The van der Waals surface area contributed by atoms with Crippen molar-refractivity contribution in [3.63, 3.8) is 0 Å². The molecule has 4 aromatic rings. The quantitative estimate of drug-likeness (QED) is 0.414. The lowest BCUT2D eigenvalue weighted by atomic mass is 9.72. The summed E-state index contributed by atoms with van der Waals surface area (Å²) >= 11 is 0. The molecule has 0 radical (unpaired) electrons. The van der Waals surface area contributed by atoms with Crippen LogP contribution in [0.4, 0.5) is 5.82 Å². The van der Waals surface area contributed by atoms with Crippen LogP contribution in [-0.2, 0) is 4.79 Å². The van der Waals surface area contributed by atoms with E-state index >= 15 is 0 Å². The van der Waals surface area contributed by atoms with Gasteiger partial charge in [0, 0.05) is 35.2 Å². The van der Waals surface area contributed by atoms with Gasteiger partial charge in [-0.15, -0.1) is 0 Å². The van der Waals surface area contributed by atoms with Crippen molar-refractivity contribution < 1.29 is 14.3 Å². The molecular weight excluding hydrogens is 444 g/mol. The minimum atomic E-state index is -0.483. The standard InChI is InChI=1S/C27H24N4O4/c1-34-21-8-7-14(13-22(21)35-2)15-11-19-24(20(32)12-15)23(25-26(29-19)30-31-27(25)33)17-9-10-28-18-6-4-3-5-16(17)18/h3-10,13,15,23H,11-12H2,1-2H3,(H3,29,30,31,33)/t15-,23+/m1/s1. The number of H-pyrrole nitrogens is 2. The first-order valence-electron chi connectivity index (χ1n) is 11.5. The molecule has 176 valence electrons. The third-order valence-electron chi connectivity index (χ3n) is 7.05. The minimum Gasteiger partial charge on any atom is -0.493 e. The van der Waals surface area contributed by atoms with E-state index in [1.165, 1.54) is 0 Å². The Morgan fingerprint density at radius 1 is 0.943 bits per heavy atom. The predicted molar refractivity (Wildman–Crippen MR) is 132 cm³/mol. The first-order chi connectivity index (χ1) is 17.1. The number of carbonyl (C=O) groups is 1. The summed E-state index contributed by atoms with van der Waals surface area (Å²) in [6.07, 6.45) is 2.70. The molecule has 0 amide bonds. The highest BCUT2D eigenvalue weighted by Crippen LogP contribution is 2.48. The van der Waals surface area contributed by atoms with E-state index in [2.05, 4.69) is 20.5 Å². The van der Waals surface area contributed by atoms with Crippen LogP contribution in [0, 0.1) is 0 Å². The number of fused-ring (bicyclic) bond motifs is 2. The first kappa shape index (κ1) is 21.2. The summed E-state index contributed by atoms with van der Waals surface area (Å²) in [5.41, 5.74) is 4.49. The summed E-state index contributed by atoms with van der Waals surface area (Å²) in [5.74, 6) is 1.38. The molecule has 0 saturated carbocycles. The molecule has 2 aromatic carbocycles. The van der Waals surface area contributed by atoms with Crippen LogP contribution in [0.2, 0.25) is 0 Å². The maximum atomic E-state index is 13.8. The van der Waals surface area contributed by atoms with Gasteiger partial charge in [-0.2, -0.15) is 0 Å². The van der Waals surface area contributed by atoms with E-state index in [-0.39, 0.29) is 17.3 Å². The van der Waals surface area contributed by atoms with Gasteiger partial charge < -0.3 is 14.8 Å². The third kappa shape index (κ3) is 3.32. The maximum absolute atomic E-state index is 13.8. The number of hydrogen-bond donors (Lipinski definition) is 3. The van der Waals surface area contributed by atoms with Gasteiger partial charge in [-0.1, -0.05) is 24.3 Å². The number of benzene rings is 2. The van der Waals surface area contributed by atoms with E-state index in [1.54, 1.807) is 20.4 Å². The summed E-state index contributed by atoms with van der Waals surface area (Å²) in [7, 11) is 3.20. The van der Waals surface area contributed by atoms with Gasteiger partial charge in [0.2, 0.25) is 0 Å². The molecule has 35 heavy (non-hydrogen) atoms. The highest BCUT2D eigenvalue weighted by atomic mass is 16.5. The van der Waals surface area contributed by atoms with Gasteiger partial charge in [-0.05, 0) is 47.7 Å². The average Bonchev–Trinajstić information content (AvgIpc) is 3.26. The van der Waals surface area contributed by atoms with Crippen LogP contribution in [-0.4, -0.2) is 35.2 Å². The topological polar surface area (TPSA) is 109 Å². The molecule has 1 aliphatic carbocycles. The van der Waals surface area contributed by atoms with E-state index < -0.39 is 5.92 Å². The van der Waals surface area contributed by atoms with Crippen LogP contribution in [0.25, 0.3) is 10.9 Å². The second-order valence-electron chi connectivity index (χ2n) is 8.88. The van der Waals surface area contributed by atoms with Crippen LogP contribution in [0.5, 0.6) is 11.5 Å². The van der Waals surface area contributed by atoms with Gasteiger partial charge in [0.15, 0.2) is 17.3 Å². The highest BCUT2D eigenvalue weighted by molar-refractivity contribution is 6.02. The molecular formula is C27H24N4O4. The van der Waals surface area contributed by atoms with Crippen molar-refractivity contribution in [3.05, 3.63) is 93.0 Å². The van der Waals surface area contributed by atoms with Crippen molar-refractivity contribution in [3.8, 4) is 11.5 Å². The predicted octanol–water partition coefficient (Wildman–Crippen LogP) is 4.23. The second kappa shape index (κ2) is 8.16. The lowest BCUT2D eigenvalue weighted by Crippen LogP contribution is -2.31. The van der Waals surface area contributed by atoms with Gasteiger partial charge in [0.1, 0.15) is 5.82 Å². The molecule has 0 bridgehead atoms. The van der Waals surface area contributed by atoms with Gasteiger partial charge >= 0.3 is 0 Å². The number of ketones is 1. The molecule has 2 aromatic heterocycles. The molecule has 6 rings (SSSR count). The summed E-state index contributed by atoms with van der Waals surface area (Å²) in [4.78, 5) is 31.1. The Hall–Kier alpha value is -4.33. The summed E-state index contributed by atoms with van der Waals surface area (Å²) in [5, 5.41) is 9.93. The number of nitrogens with one attached hydrogen (secondary N) is 3. The number of anilines is 1. The van der Waals surface area contributed by atoms with Gasteiger partial charge in [-0.25, -0.2) is 0 Å². The first-order valence-corrected chi connectivity index (χ1v) is 11.5. The molecule has 3 N–H and O–H groups in total. The fourth-order valence-electron chi connectivity index (χ4n) is 5.44. The molecule has 2 aliphatic rings. The van der Waals surface area contributed by atoms with E-state index in [0.717, 1.165) is 27.7 Å². The number of aromatic nitrogens is 3. The fraction of sp³-hybridized carbons (Fsp3) is 0.222. The summed E-state index contributed by atoms with van der Waals surface area (Å²) < 4.78 is 10.8. The Morgan fingerprint density at radius 3 is 2.60 bits per heavy atom. The van der Waals surface area contributed by atoms with Crippen molar-refractivity contribution in [2.75, 3.05) is 19.5 Å². The molecule has 8 nitrogen and oxygen atoms in total. The molecule has 2 atom stereocenters. The van der Waals surface area contributed by atoms with Crippen molar-refractivity contribution >= 4 is 22.5 Å². The number of carbonyl (C=O) groups excluding carboxylic acids is 1. The van der Waals surface area contributed by atoms with Crippen LogP contribution in [0.15, 0.2) is 70.8 Å². The van der Waals surface area contributed by atoms with Gasteiger partial charge in [0.25, 0.3) is 5.56 Å². The SMILES string of the molecule is COc1ccc([C@H]2CC(=O)C3=C(C2)Nc2[nH][nH]c(=O)c2[C@H]3c2ccnc3ccccc23)cc1OC. The van der Waals surface area contributed by atoms with Crippen LogP contribution >= 0.6 is 0 Å². The fourth-order valence-corrected chi connectivity index (χ4v) is 5.44. The maximum Gasteiger partial charge on any atom is 0.270 e. The monoisotopic (exact) mass is 468 g/mol.